The van der Waals surface area contributed by atoms with E-state index in [2.05, 4.69) is 10.6 Å². The van der Waals surface area contributed by atoms with Gasteiger partial charge in [0.25, 0.3) is 0 Å². The van der Waals surface area contributed by atoms with Crippen LogP contribution in [0.15, 0.2) is 18.2 Å². The van der Waals surface area contributed by atoms with Crippen LogP contribution in [0, 0.1) is 17.6 Å². The van der Waals surface area contributed by atoms with Crippen LogP contribution >= 0.6 is 0 Å². The van der Waals surface area contributed by atoms with E-state index in [9.17, 15) is 13.6 Å². The van der Waals surface area contributed by atoms with Gasteiger partial charge >= 0.3 is 0 Å². The van der Waals surface area contributed by atoms with Gasteiger partial charge in [-0.3, -0.25) is 4.79 Å². The van der Waals surface area contributed by atoms with Gasteiger partial charge in [-0.05, 0) is 18.1 Å². The average Bonchev–Trinajstić information content (AvgIpc) is 2.25. The second-order valence-electron chi connectivity index (χ2n) is 4.15. The van der Waals surface area contributed by atoms with E-state index in [4.69, 9.17) is 0 Å². The van der Waals surface area contributed by atoms with Crippen LogP contribution < -0.4 is 10.6 Å². The maximum Gasteiger partial charge on any atom is 0.239 e. The fourth-order valence-electron chi connectivity index (χ4n) is 1.22. The van der Waals surface area contributed by atoms with Crippen molar-refractivity contribution in [3.8, 4) is 0 Å². The summed E-state index contributed by atoms with van der Waals surface area (Å²) in [5, 5.41) is 5.09. The van der Waals surface area contributed by atoms with Gasteiger partial charge in [0.05, 0.1) is 6.54 Å². The highest BCUT2D eigenvalue weighted by atomic mass is 19.1. The fourth-order valence-corrected chi connectivity index (χ4v) is 1.22. The van der Waals surface area contributed by atoms with E-state index in [1.807, 2.05) is 13.8 Å². The molecule has 17 heavy (non-hydrogen) atoms. The lowest BCUT2D eigenvalue weighted by molar-refractivity contribution is -0.119. The van der Waals surface area contributed by atoms with E-state index in [1.54, 1.807) is 0 Å². The first-order chi connectivity index (χ1) is 8.00. The summed E-state index contributed by atoms with van der Waals surface area (Å²) >= 11 is 0. The van der Waals surface area contributed by atoms with Crippen LogP contribution in [0.5, 0.6) is 0 Å². The van der Waals surface area contributed by atoms with Gasteiger partial charge in [-0.15, -0.1) is 0 Å². The van der Waals surface area contributed by atoms with Gasteiger partial charge in [-0.1, -0.05) is 19.9 Å². The van der Waals surface area contributed by atoms with Crippen LogP contribution in [-0.4, -0.2) is 19.0 Å². The standard InChI is InChI=1S/C12H16F2N2O/c1-8(2)6-15-11(17)7-16-12-9(13)4-3-5-10(12)14/h3-5,8,16H,6-7H2,1-2H3,(H,15,17). The van der Waals surface area contributed by atoms with E-state index in [0.29, 0.717) is 12.5 Å². The number of halogens is 2. The van der Waals surface area contributed by atoms with Gasteiger partial charge in [0.15, 0.2) is 0 Å². The largest absolute Gasteiger partial charge is 0.371 e. The minimum Gasteiger partial charge on any atom is -0.371 e. The molecule has 0 aromatic heterocycles. The van der Waals surface area contributed by atoms with Crippen LogP contribution in [0.25, 0.3) is 0 Å². The van der Waals surface area contributed by atoms with Gasteiger partial charge in [0.1, 0.15) is 17.3 Å². The minimum absolute atomic E-state index is 0.148. The first kappa shape index (κ1) is 13.4. The summed E-state index contributed by atoms with van der Waals surface area (Å²) in [7, 11) is 0. The first-order valence-corrected chi connectivity index (χ1v) is 5.45. The van der Waals surface area contributed by atoms with Crippen molar-refractivity contribution in [1.82, 2.24) is 5.32 Å². The van der Waals surface area contributed by atoms with E-state index in [1.165, 1.54) is 6.07 Å². The normalized spacial score (nSPS) is 10.4. The van der Waals surface area contributed by atoms with Crippen LogP contribution in [0.1, 0.15) is 13.8 Å². The van der Waals surface area contributed by atoms with Crippen molar-refractivity contribution in [3.05, 3.63) is 29.8 Å². The van der Waals surface area contributed by atoms with E-state index >= 15 is 0 Å². The molecule has 5 heteroatoms. The van der Waals surface area contributed by atoms with Crippen molar-refractivity contribution in [2.45, 2.75) is 13.8 Å². The number of carbonyl (C=O) groups excluding carboxylic acids is 1. The smallest absolute Gasteiger partial charge is 0.239 e. The molecular formula is C12H16F2N2O. The first-order valence-electron chi connectivity index (χ1n) is 5.45. The Morgan fingerprint density at radius 2 is 1.88 bits per heavy atom. The Hall–Kier alpha value is -1.65. The number of hydrogen-bond acceptors (Lipinski definition) is 2. The van der Waals surface area contributed by atoms with Crippen molar-refractivity contribution < 1.29 is 13.6 Å². The Kier molecular flexibility index (Phi) is 4.87. The zero-order chi connectivity index (χ0) is 12.8. The summed E-state index contributed by atoms with van der Waals surface area (Å²) in [5.41, 5.74) is -0.271. The molecule has 1 aromatic carbocycles. The molecule has 0 radical (unpaired) electrons. The second kappa shape index (κ2) is 6.18. The molecule has 0 unspecified atom stereocenters. The third-order valence-corrected chi connectivity index (χ3v) is 2.10. The minimum atomic E-state index is -0.707. The van der Waals surface area contributed by atoms with Crippen molar-refractivity contribution in [1.29, 1.82) is 0 Å². The Bertz CT molecular complexity index is 374. The van der Waals surface area contributed by atoms with Crippen molar-refractivity contribution in [3.63, 3.8) is 0 Å². The quantitative estimate of drug-likeness (QED) is 0.830. The predicted octanol–water partition coefficient (Wildman–Crippen LogP) is 2.15. The van der Waals surface area contributed by atoms with Crippen LogP contribution in [0.3, 0.4) is 0 Å². The van der Waals surface area contributed by atoms with Crippen molar-refractivity contribution in [2.75, 3.05) is 18.4 Å². The van der Waals surface area contributed by atoms with E-state index < -0.39 is 11.6 Å². The highest BCUT2D eigenvalue weighted by Gasteiger charge is 2.09. The second-order valence-corrected chi connectivity index (χ2v) is 4.15. The predicted molar refractivity (Wildman–Crippen MR) is 62.7 cm³/mol. The summed E-state index contributed by atoms with van der Waals surface area (Å²) in [5.74, 6) is -1.37. The molecule has 0 fully saturated rings. The van der Waals surface area contributed by atoms with E-state index in [-0.39, 0.29) is 18.1 Å². The third kappa shape index (κ3) is 4.38. The van der Waals surface area contributed by atoms with Crippen molar-refractivity contribution >= 4 is 11.6 Å². The lowest BCUT2D eigenvalue weighted by Crippen LogP contribution is -2.32. The summed E-state index contributed by atoms with van der Waals surface area (Å²) in [6.45, 7) is 4.32. The SMILES string of the molecule is CC(C)CNC(=O)CNc1c(F)cccc1F. The molecule has 0 saturated heterocycles. The molecule has 0 aliphatic rings. The number of amides is 1. The summed E-state index contributed by atoms with van der Waals surface area (Å²) < 4.78 is 26.4. The zero-order valence-corrected chi connectivity index (χ0v) is 9.89. The zero-order valence-electron chi connectivity index (χ0n) is 9.89. The van der Waals surface area contributed by atoms with Gasteiger partial charge in [-0.2, -0.15) is 0 Å². The van der Waals surface area contributed by atoms with Crippen LogP contribution in [0.4, 0.5) is 14.5 Å². The highest BCUT2D eigenvalue weighted by Crippen LogP contribution is 2.17. The Morgan fingerprint density at radius 1 is 1.29 bits per heavy atom. The lowest BCUT2D eigenvalue weighted by Gasteiger charge is -2.10. The molecule has 0 bridgehead atoms. The fraction of sp³-hybridized carbons (Fsp3) is 0.417. The molecule has 0 saturated carbocycles. The molecule has 0 atom stereocenters. The topological polar surface area (TPSA) is 41.1 Å². The summed E-state index contributed by atoms with van der Waals surface area (Å²) in [6, 6.07) is 3.55. The molecule has 0 heterocycles. The summed E-state index contributed by atoms with van der Waals surface area (Å²) in [4.78, 5) is 11.3. The molecule has 3 nitrogen and oxygen atoms in total. The number of nitrogens with one attached hydrogen (secondary N) is 2. The number of carbonyl (C=O) groups is 1. The lowest BCUT2D eigenvalue weighted by atomic mass is 10.2. The maximum atomic E-state index is 13.2. The molecule has 1 rings (SSSR count). The number of para-hydroxylation sites is 1. The third-order valence-electron chi connectivity index (χ3n) is 2.10. The molecular weight excluding hydrogens is 226 g/mol. The number of rotatable bonds is 5. The molecule has 1 amide bonds. The van der Waals surface area contributed by atoms with E-state index in [0.717, 1.165) is 12.1 Å². The van der Waals surface area contributed by atoms with Crippen LogP contribution in [0.2, 0.25) is 0 Å². The molecule has 2 N–H and O–H groups in total. The molecule has 0 aliphatic carbocycles. The van der Waals surface area contributed by atoms with Crippen molar-refractivity contribution in [2.24, 2.45) is 5.92 Å². The number of hydrogen-bond donors (Lipinski definition) is 2. The molecule has 1 aromatic rings. The molecule has 0 spiro atoms. The Labute approximate surface area is 99.2 Å². The number of benzene rings is 1. The Balaban J connectivity index is 2.47. The molecule has 94 valence electrons. The summed E-state index contributed by atoms with van der Waals surface area (Å²) in [6.07, 6.45) is 0. The van der Waals surface area contributed by atoms with Gasteiger partial charge in [-0.25, -0.2) is 8.78 Å². The Morgan fingerprint density at radius 3 is 2.41 bits per heavy atom. The average molecular weight is 242 g/mol. The van der Waals surface area contributed by atoms with Crippen LogP contribution in [-0.2, 0) is 4.79 Å². The number of anilines is 1. The van der Waals surface area contributed by atoms with Gasteiger partial charge in [0, 0.05) is 6.54 Å². The monoisotopic (exact) mass is 242 g/mol. The maximum absolute atomic E-state index is 13.2. The van der Waals surface area contributed by atoms with Gasteiger partial charge < -0.3 is 10.6 Å². The highest BCUT2D eigenvalue weighted by molar-refractivity contribution is 5.80. The van der Waals surface area contributed by atoms with Gasteiger partial charge in [0.2, 0.25) is 5.91 Å². The molecule has 0 aliphatic heterocycles.